The lowest BCUT2D eigenvalue weighted by Gasteiger charge is -2.22. The Kier molecular flexibility index (Phi) is 3.99. The van der Waals surface area contributed by atoms with Crippen molar-refractivity contribution >= 4 is 0 Å². The van der Waals surface area contributed by atoms with Gasteiger partial charge in [0.05, 0.1) is 0 Å². The smallest absolute Gasteiger partial charge is 0.184 e. The highest BCUT2D eigenvalue weighted by atomic mass is 14.9. The Morgan fingerprint density at radius 2 is 1.60 bits per heavy atom. The molecule has 0 aliphatic heterocycles. The molecule has 106 valence electrons. The molecule has 1 nitrogen and oxygen atoms in total. The Morgan fingerprint density at radius 3 is 2.10 bits per heavy atom. The van der Waals surface area contributed by atoms with Crippen LogP contribution in [0, 0.1) is 0 Å². The Labute approximate surface area is 123 Å². The van der Waals surface area contributed by atoms with Gasteiger partial charge in [-0.3, -0.25) is 0 Å². The van der Waals surface area contributed by atoms with Crippen LogP contribution < -0.4 is 4.57 Å². The largest absolute Gasteiger partial charge is 0.205 e. The van der Waals surface area contributed by atoms with E-state index in [0.29, 0.717) is 5.92 Å². The van der Waals surface area contributed by atoms with Crippen molar-refractivity contribution in [2.75, 3.05) is 0 Å². The zero-order chi connectivity index (χ0) is 14.9. The maximum Gasteiger partial charge on any atom is 0.184 e. The third-order valence-corrected chi connectivity index (χ3v) is 3.80. The van der Waals surface area contributed by atoms with Gasteiger partial charge in [0.25, 0.3) is 0 Å². The molecule has 1 aromatic heterocycles. The summed E-state index contributed by atoms with van der Waals surface area (Å²) >= 11 is 0. The Bertz CT molecular complexity index is 589. The lowest BCUT2D eigenvalue weighted by atomic mass is 9.82. The molecule has 2 aromatic rings. The van der Waals surface area contributed by atoms with Crippen LogP contribution >= 0.6 is 0 Å². The summed E-state index contributed by atoms with van der Waals surface area (Å²) < 4.78 is 2.28. The minimum absolute atomic E-state index is 0.137. The number of rotatable bonds is 2. The number of aryl methyl sites for hydroxylation is 1. The summed E-state index contributed by atoms with van der Waals surface area (Å²) in [6, 6.07) is 13.1. The molecule has 0 radical (unpaired) electrons. The van der Waals surface area contributed by atoms with Crippen LogP contribution in [0.1, 0.15) is 51.8 Å². The fourth-order valence-corrected chi connectivity index (χ4v) is 2.69. The highest BCUT2D eigenvalue weighted by Crippen LogP contribution is 2.33. The highest BCUT2D eigenvalue weighted by Gasteiger charge is 2.25. The lowest BCUT2D eigenvalue weighted by Crippen LogP contribution is -2.36. The van der Waals surface area contributed by atoms with Gasteiger partial charge in [-0.15, -0.1) is 0 Å². The lowest BCUT2D eigenvalue weighted by molar-refractivity contribution is -0.680. The fourth-order valence-electron chi connectivity index (χ4n) is 2.69. The van der Waals surface area contributed by atoms with Crippen LogP contribution in [0.5, 0.6) is 0 Å². The Hall–Kier alpha value is -1.63. The quantitative estimate of drug-likeness (QED) is 0.701. The van der Waals surface area contributed by atoms with Gasteiger partial charge in [-0.2, -0.15) is 0 Å². The van der Waals surface area contributed by atoms with Crippen LogP contribution in [0.15, 0.2) is 42.6 Å². The van der Waals surface area contributed by atoms with Gasteiger partial charge in [0.2, 0.25) is 0 Å². The predicted molar refractivity (Wildman–Crippen MR) is 85.8 cm³/mol. The van der Waals surface area contributed by atoms with Crippen molar-refractivity contribution in [1.29, 1.82) is 0 Å². The molecule has 0 saturated heterocycles. The van der Waals surface area contributed by atoms with Gasteiger partial charge in [-0.1, -0.05) is 65.0 Å². The predicted octanol–water partition coefficient (Wildman–Crippen LogP) is 4.60. The molecule has 1 aromatic carbocycles. The van der Waals surface area contributed by atoms with Crippen molar-refractivity contribution in [3.05, 3.63) is 53.9 Å². The second kappa shape index (κ2) is 5.40. The van der Waals surface area contributed by atoms with Gasteiger partial charge >= 0.3 is 0 Å². The first-order valence-corrected chi connectivity index (χ1v) is 7.40. The fraction of sp³-hybridized carbons (Fsp3) is 0.421. The molecule has 0 atom stereocenters. The number of hydrogen-bond donors (Lipinski definition) is 0. The van der Waals surface area contributed by atoms with E-state index in [4.69, 9.17) is 0 Å². The van der Waals surface area contributed by atoms with Crippen molar-refractivity contribution in [1.82, 2.24) is 0 Å². The topological polar surface area (TPSA) is 3.88 Å². The second-order valence-electron chi connectivity index (χ2n) is 6.91. The molecule has 20 heavy (non-hydrogen) atoms. The summed E-state index contributed by atoms with van der Waals surface area (Å²) in [4.78, 5) is 0. The SMILES string of the molecule is CC(C)c1cc(-c2ccccc2)c(C(C)(C)C)c[n+]1C. The van der Waals surface area contributed by atoms with Crippen LogP contribution in [0.2, 0.25) is 0 Å². The summed E-state index contributed by atoms with van der Waals surface area (Å²) in [6.07, 6.45) is 2.30. The number of aromatic nitrogens is 1. The second-order valence-corrected chi connectivity index (χ2v) is 6.91. The number of pyridine rings is 1. The first-order valence-electron chi connectivity index (χ1n) is 7.40. The van der Waals surface area contributed by atoms with Gasteiger partial charge in [0, 0.05) is 17.5 Å². The van der Waals surface area contributed by atoms with E-state index >= 15 is 0 Å². The molecule has 2 rings (SSSR count). The summed E-state index contributed by atoms with van der Waals surface area (Å²) in [7, 11) is 2.15. The molecule has 0 aliphatic rings. The van der Waals surface area contributed by atoms with Crippen LogP contribution in [-0.4, -0.2) is 0 Å². The van der Waals surface area contributed by atoms with Gasteiger partial charge in [-0.05, 0) is 16.5 Å². The number of benzene rings is 1. The molecule has 1 heteroatoms. The molecule has 0 amide bonds. The number of hydrogen-bond acceptors (Lipinski definition) is 0. The van der Waals surface area contributed by atoms with E-state index in [1.165, 1.54) is 22.4 Å². The Balaban J connectivity index is 2.72. The first kappa shape index (κ1) is 14.8. The van der Waals surface area contributed by atoms with Crippen LogP contribution in [0.25, 0.3) is 11.1 Å². The summed E-state index contributed by atoms with van der Waals surface area (Å²) in [6.45, 7) is 11.3. The van der Waals surface area contributed by atoms with Crippen LogP contribution in [0.4, 0.5) is 0 Å². The van der Waals surface area contributed by atoms with Gasteiger partial charge in [0.1, 0.15) is 7.05 Å². The minimum Gasteiger partial charge on any atom is -0.205 e. The van der Waals surface area contributed by atoms with Crippen LogP contribution in [-0.2, 0) is 12.5 Å². The van der Waals surface area contributed by atoms with Crippen molar-refractivity contribution in [2.24, 2.45) is 7.05 Å². The molecule has 1 heterocycles. The molecule has 0 unspecified atom stereocenters. The van der Waals surface area contributed by atoms with Crippen molar-refractivity contribution in [2.45, 2.75) is 46.0 Å². The molecular weight excluding hydrogens is 242 g/mol. The van der Waals surface area contributed by atoms with Crippen molar-refractivity contribution in [3.8, 4) is 11.1 Å². The minimum atomic E-state index is 0.137. The van der Waals surface area contributed by atoms with E-state index in [9.17, 15) is 0 Å². The third kappa shape index (κ3) is 2.92. The van der Waals surface area contributed by atoms with Crippen LogP contribution in [0.3, 0.4) is 0 Å². The standard InChI is InChI=1S/C19H26N/c1-14(2)18-12-16(15-10-8-7-9-11-15)17(13-20(18)6)19(3,4)5/h7-14H,1-6H3/q+1. The maximum atomic E-state index is 2.36. The molecule has 0 bridgehead atoms. The van der Waals surface area contributed by atoms with Gasteiger partial charge in [0.15, 0.2) is 11.9 Å². The zero-order valence-corrected chi connectivity index (χ0v) is 13.6. The van der Waals surface area contributed by atoms with Gasteiger partial charge < -0.3 is 0 Å². The third-order valence-electron chi connectivity index (χ3n) is 3.80. The molecule has 0 fully saturated rings. The summed E-state index contributed by atoms with van der Waals surface area (Å²) in [5.74, 6) is 0.525. The maximum absolute atomic E-state index is 2.36. The van der Waals surface area contributed by atoms with E-state index in [-0.39, 0.29) is 5.41 Å². The first-order chi connectivity index (χ1) is 9.30. The molecule has 0 spiro atoms. The van der Waals surface area contributed by atoms with Gasteiger partial charge in [-0.25, -0.2) is 4.57 Å². The van der Waals surface area contributed by atoms with Crippen molar-refractivity contribution < 1.29 is 4.57 Å². The Morgan fingerprint density at radius 1 is 1.00 bits per heavy atom. The molecular formula is C19H26N+. The summed E-state index contributed by atoms with van der Waals surface area (Å²) in [5.41, 5.74) is 5.57. The zero-order valence-electron chi connectivity index (χ0n) is 13.6. The average molecular weight is 268 g/mol. The average Bonchev–Trinajstić information content (AvgIpc) is 2.38. The molecule has 0 saturated carbocycles. The van der Waals surface area contributed by atoms with E-state index in [0.717, 1.165) is 0 Å². The normalized spacial score (nSPS) is 11.9. The van der Waals surface area contributed by atoms with E-state index in [2.05, 4.69) is 88.8 Å². The van der Waals surface area contributed by atoms with E-state index < -0.39 is 0 Å². The van der Waals surface area contributed by atoms with E-state index in [1.807, 2.05) is 0 Å². The van der Waals surface area contributed by atoms with E-state index in [1.54, 1.807) is 0 Å². The molecule has 0 N–H and O–H groups in total. The van der Waals surface area contributed by atoms with Crippen molar-refractivity contribution in [3.63, 3.8) is 0 Å². The molecule has 0 aliphatic carbocycles. The highest BCUT2D eigenvalue weighted by molar-refractivity contribution is 5.68. The number of nitrogens with zero attached hydrogens (tertiary/aromatic N) is 1. The summed E-state index contributed by atoms with van der Waals surface area (Å²) in [5, 5.41) is 0. The monoisotopic (exact) mass is 268 g/mol.